The highest BCUT2D eigenvalue weighted by Gasteiger charge is 2.11. The zero-order valence-electron chi connectivity index (χ0n) is 17.9. The number of carbonyl (C=O) groups excluding carboxylic acids is 1. The van der Waals surface area contributed by atoms with Crippen LogP contribution in [0.3, 0.4) is 0 Å². The number of aromatic amines is 1. The molecule has 34 heavy (non-hydrogen) atoms. The van der Waals surface area contributed by atoms with E-state index in [0.717, 1.165) is 22.4 Å². The van der Waals surface area contributed by atoms with Gasteiger partial charge in [-0.05, 0) is 47.5 Å². The van der Waals surface area contributed by atoms with E-state index < -0.39 is 0 Å². The number of nitrogens with one attached hydrogen (secondary N) is 2. The molecule has 0 aliphatic heterocycles. The zero-order chi connectivity index (χ0) is 23.3. The molecule has 2 aromatic carbocycles. The molecule has 0 radical (unpaired) electrons. The number of carbonyl (C=O) groups is 1. The van der Waals surface area contributed by atoms with Crippen molar-refractivity contribution in [1.82, 2.24) is 19.9 Å². The smallest absolute Gasteiger partial charge is 0.255 e. The number of rotatable bonds is 5. The normalized spacial score (nSPS) is 10.4. The number of pyridine rings is 2. The molecule has 7 nitrogen and oxygen atoms in total. The highest BCUT2D eigenvalue weighted by atomic mass is 16.1. The lowest BCUT2D eigenvalue weighted by molar-refractivity contribution is 0.102. The molecule has 0 unspecified atom stereocenters. The van der Waals surface area contributed by atoms with Crippen molar-refractivity contribution in [3.63, 3.8) is 0 Å². The van der Waals surface area contributed by atoms with Gasteiger partial charge in [-0.15, -0.1) is 0 Å². The van der Waals surface area contributed by atoms with Crippen molar-refractivity contribution < 1.29 is 4.79 Å². The average molecular weight is 442 g/mol. The summed E-state index contributed by atoms with van der Waals surface area (Å²) in [5.41, 5.74) is 5.75. The van der Waals surface area contributed by atoms with Gasteiger partial charge in [0.05, 0.1) is 35.4 Å². The first-order valence-electron chi connectivity index (χ1n) is 10.5. The molecule has 0 saturated heterocycles. The number of amides is 1. The summed E-state index contributed by atoms with van der Waals surface area (Å²) in [6.07, 6.45) is 6.81. The van der Waals surface area contributed by atoms with Crippen LogP contribution >= 0.6 is 0 Å². The largest absolute Gasteiger partial charge is 0.337 e. The van der Waals surface area contributed by atoms with Crippen LogP contribution in [-0.2, 0) is 0 Å². The molecule has 0 atom stereocenters. The Balaban J connectivity index is 1.39. The van der Waals surface area contributed by atoms with Gasteiger partial charge >= 0.3 is 0 Å². The topological polar surface area (TPSA) is 107 Å². The second kappa shape index (κ2) is 9.18. The molecule has 1 amide bonds. The Morgan fingerprint density at radius 2 is 1.74 bits per heavy atom. The van der Waals surface area contributed by atoms with Crippen LogP contribution in [0.15, 0.2) is 97.6 Å². The monoisotopic (exact) mass is 442 g/mol. The van der Waals surface area contributed by atoms with Crippen LogP contribution < -0.4 is 5.32 Å². The highest BCUT2D eigenvalue weighted by Crippen LogP contribution is 2.26. The molecular formula is C27H18N6O. The molecule has 5 aromatic rings. The van der Waals surface area contributed by atoms with Gasteiger partial charge in [-0.1, -0.05) is 36.4 Å². The highest BCUT2D eigenvalue weighted by molar-refractivity contribution is 6.04. The number of benzene rings is 2. The summed E-state index contributed by atoms with van der Waals surface area (Å²) in [6.45, 7) is 0. The predicted molar refractivity (Wildman–Crippen MR) is 130 cm³/mol. The fourth-order valence-corrected chi connectivity index (χ4v) is 3.55. The number of imidazole rings is 1. The fourth-order valence-electron chi connectivity index (χ4n) is 3.55. The summed E-state index contributed by atoms with van der Waals surface area (Å²) in [7, 11) is 0. The van der Waals surface area contributed by atoms with Crippen LogP contribution in [0.2, 0.25) is 0 Å². The second-order valence-electron chi connectivity index (χ2n) is 7.55. The lowest BCUT2D eigenvalue weighted by Crippen LogP contribution is -2.12. The number of hydrogen-bond acceptors (Lipinski definition) is 5. The van der Waals surface area contributed by atoms with Gasteiger partial charge < -0.3 is 10.3 Å². The van der Waals surface area contributed by atoms with Crippen LogP contribution in [0.5, 0.6) is 0 Å². The summed E-state index contributed by atoms with van der Waals surface area (Å²) in [6, 6.07) is 24.2. The van der Waals surface area contributed by atoms with E-state index in [0.29, 0.717) is 28.3 Å². The number of nitriles is 1. The molecule has 3 heterocycles. The number of aromatic nitrogens is 4. The molecule has 162 valence electrons. The minimum absolute atomic E-state index is 0.310. The third kappa shape index (κ3) is 4.42. The van der Waals surface area contributed by atoms with Gasteiger partial charge in [-0.2, -0.15) is 5.26 Å². The van der Waals surface area contributed by atoms with E-state index in [2.05, 4.69) is 25.3 Å². The molecule has 5 rings (SSSR count). The van der Waals surface area contributed by atoms with E-state index in [-0.39, 0.29) is 5.91 Å². The Bertz CT molecular complexity index is 1520. The molecule has 0 aliphatic carbocycles. The van der Waals surface area contributed by atoms with Gasteiger partial charge in [0.2, 0.25) is 0 Å². The van der Waals surface area contributed by atoms with E-state index in [1.54, 1.807) is 49.1 Å². The molecule has 0 bridgehead atoms. The summed E-state index contributed by atoms with van der Waals surface area (Å²) >= 11 is 0. The van der Waals surface area contributed by atoms with Crippen molar-refractivity contribution in [3.05, 3.63) is 109 Å². The van der Waals surface area contributed by atoms with Crippen molar-refractivity contribution in [3.8, 4) is 40.0 Å². The first-order valence-corrected chi connectivity index (χ1v) is 10.5. The number of nitrogens with zero attached hydrogens (tertiary/aromatic N) is 4. The van der Waals surface area contributed by atoms with Gasteiger partial charge in [-0.3, -0.25) is 14.8 Å². The molecule has 3 aromatic heterocycles. The summed E-state index contributed by atoms with van der Waals surface area (Å²) in [5, 5.41) is 11.9. The van der Waals surface area contributed by atoms with E-state index in [1.165, 1.54) is 0 Å². The molecule has 0 fully saturated rings. The van der Waals surface area contributed by atoms with Crippen molar-refractivity contribution in [1.29, 1.82) is 5.26 Å². The van der Waals surface area contributed by atoms with Crippen molar-refractivity contribution in [2.75, 3.05) is 5.32 Å². The molecule has 0 spiro atoms. The lowest BCUT2D eigenvalue weighted by atomic mass is 10.1. The maximum atomic E-state index is 12.6. The number of anilines is 1. The average Bonchev–Trinajstić information content (AvgIpc) is 3.40. The summed E-state index contributed by atoms with van der Waals surface area (Å²) < 4.78 is 0. The fraction of sp³-hybridized carbons (Fsp3) is 0. The molecule has 0 aliphatic rings. The van der Waals surface area contributed by atoms with Crippen molar-refractivity contribution in [2.45, 2.75) is 0 Å². The van der Waals surface area contributed by atoms with Crippen LogP contribution in [0.4, 0.5) is 5.69 Å². The lowest BCUT2D eigenvalue weighted by Gasteiger charge is -2.08. The second-order valence-corrected chi connectivity index (χ2v) is 7.55. The summed E-state index contributed by atoms with van der Waals surface area (Å²) in [4.78, 5) is 29.2. The van der Waals surface area contributed by atoms with E-state index in [1.807, 2.05) is 54.6 Å². The van der Waals surface area contributed by atoms with Gasteiger partial charge in [0, 0.05) is 23.5 Å². The number of H-pyrrole nitrogens is 1. The Hall–Kier alpha value is -5.09. The van der Waals surface area contributed by atoms with Crippen LogP contribution in [0, 0.1) is 11.3 Å². The maximum absolute atomic E-state index is 12.6. The minimum atomic E-state index is -0.310. The van der Waals surface area contributed by atoms with Crippen molar-refractivity contribution in [2.24, 2.45) is 0 Å². The predicted octanol–water partition coefficient (Wildman–Crippen LogP) is 5.32. The minimum Gasteiger partial charge on any atom is -0.337 e. The Labute approximate surface area is 195 Å². The summed E-state index contributed by atoms with van der Waals surface area (Å²) in [5.74, 6) is 0.353. The molecular weight excluding hydrogens is 424 g/mol. The van der Waals surface area contributed by atoms with Gasteiger partial charge in [0.25, 0.3) is 5.91 Å². The quantitative estimate of drug-likeness (QED) is 0.383. The van der Waals surface area contributed by atoms with Gasteiger partial charge in [-0.25, -0.2) is 4.98 Å². The zero-order valence-corrected chi connectivity index (χ0v) is 17.9. The standard InChI is InChI=1S/C27H18N6O/c28-14-18-5-4-8-21(11-18)27(34)32-23-12-22(15-29-16-23)20-9-10-30-24(13-20)26-31-17-25(33-26)19-6-2-1-3-7-19/h1-13,15-17H,(H,31,33)(H,32,34). The third-order valence-corrected chi connectivity index (χ3v) is 5.25. The van der Waals surface area contributed by atoms with Gasteiger partial charge in [0.15, 0.2) is 5.82 Å². The first kappa shape index (κ1) is 20.8. The SMILES string of the molecule is N#Cc1cccc(C(=O)Nc2cncc(-c3ccnc(-c4ncc(-c5ccccc5)[nH]4)c3)c2)c1. The Kier molecular flexibility index (Phi) is 5.62. The molecule has 0 saturated carbocycles. The Morgan fingerprint density at radius 3 is 2.59 bits per heavy atom. The van der Waals surface area contributed by atoms with E-state index >= 15 is 0 Å². The molecule has 7 heteroatoms. The van der Waals surface area contributed by atoms with Crippen molar-refractivity contribution >= 4 is 11.6 Å². The third-order valence-electron chi connectivity index (χ3n) is 5.25. The Morgan fingerprint density at radius 1 is 0.853 bits per heavy atom. The number of hydrogen-bond donors (Lipinski definition) is 2. The van der Waals surface area contributed by atoms with Crippen LogP contribution in [0.25, 0.3) is 33.9 Å². The van der Waals surface area contributed by atoms with E-state index in [9.17, 15) is 4.79 Å². The maximum Gasteiger partial charge on any atom is 0.255 e. The molecule has 2 N–H and O–H groups in total. The van der Waals surface area contributed by atoms with E-state index in [4.69, 9.17) is 5.26 Å². The first-order chi connectivity index (χ1) is 16.7. The van der Waals surface area contributed by atoms with Gasteiger partial charge in [0.1, 0.15) is 5.69 Å². The van der Waals surface area contributed by atoms with Crippen LogP contribution in [0.1, 0.15) is 15.9 Å². The van der Waals surface area contributed by atoms with Crippen LogP contribution in [-0.4, -0.2) is 25.8 Å².